The van der Waals surface area contributed by atoms with Crippen molar-refractivity contribution in [1.82, 2.24) is 4.90 Å². The Labute approximate surface area is 121 Å². The number of aliphatic hydroxyl groups is 1. The van der Waals surface area contributed by atoms with Crippen LogP contribution in [0, 0.1) is 23.2 Å². The summed E-state index contributed by atoms with van der Waals surface area (Å²) < 4.78 is 0. The van der Waals surface area contributed by atoms with E-state index in [1.54, 1.807) is 0 Å². The maximum Gasteiger partial charge on any atom is 0.228 e. The van der Waals surface area contributed by atoms with Crippen molar-refractivity contribution in [3.05, 3.63) is 0 Å². The number of β-amino-alcohol motifs (C(OH)–C–C–N with tert-alkyl or cyclic N) is 1. The smallest absolute Gasteiger partial charge is 0.228 e. The molecule has 1 saturated heterocycles. The Balaban J connectivity index is 1.56. The van der Waals surface area contributed by atoms with Crippen LogP contribution < -0.4 is 0 Å². The molecule has 4 aliphatic carbocycles. The van der Waals surface area contributed by atoms with Crippen molar-refractivity contribution in [3.63, 3.8) is 0 Å². The van der Waals surface area contributed by atoms with Crippen molar-refractivity contribution in [2.45, 2.75) is 63.9 Å². The van der Waals surface area contributed by atoms with Crippen molar-refractivity contribution in [2.24, 2.45) is 23.2 Å². The maximum atomic E-state index is 13.2. The highest BCUT2D eigenvalue weighted by molar-refractivity contribution is 5.83. The molecular formula is C17H27NO2. The van der Waals surface area contributed by atoms with Crippen LogP contribution in [0.2, 0.25) is 0 Å². The van der Waals surface area contributed by atoms with Crippen LogP contribution in [0.3, 0.4) is 0 Å². The quantitative estimate of drug-likeness (QED) is 0.800. The second-order valence-corrected chi connectivity index (χ2v) is 8.53. The van der Waals surface area contributed by atoms with Gasteiger partial charge in [-0.2, -0.15) is 0 Å². The number of carbonyl (C=O) groups excluding carboxylic acids is 1. The molecule has 0 radical (unpaired) electrons. The number of likely N-dealkylation sites (tertiary alicyclic amines) is 1. The average Bonchev–Trinajstić information content (AvgIpc) is 2.35. The molecule has 3 nitrogen and oxygen atoms in total. The monoisotopic (exact) mass is 277 g/mol. The van der Waals surface area contributed by atoms with Gasteiger partial charge in [0.2, 0.25) is 5.91 Å². The highest BCUT2D eigenvalue weighted by atomic mass is 16.3. The van der Waals surface area contributed by atoms with Gasteiger partial charge in [-0.05, 0) is 76.0 Å². The Morgan fingerprint density at radius 2 is 1.65 bits per heavy atom. The topological polar surface area (TPSA) is 40.5 Å². The molecule has 0 spiro atoms. The maximum absolute atomic E-state index is 13.2. The fraction of sp³-hybridized carbons (Fsp3) is 0.941. The van der Waals surface area contributed by atoms with Crippen LogP contribution in [0.4, 0.5) is 0 Å². The zero-order chi connectivity index (χ0) is 14.0. The van der Waals surface area contributed by atoms with Crippen molar-refractivity contribution >= 4 is 5.91 Å². The van der Waals surface area contributed by atoms with E-state index in [-0.39, 0.29) is 5.41 Å². The lowest BCUT2D eigenvalue weighted by Gasteiger charge is -2.57. The molecule has 4 bridgehead atoms. The van der Waals surface area contributed by atoms with Crippen LogP contribution in [0.5, 0.6) is 0 Å². The number of piperidine rings is 1. The summed E-state index contributed by atoms with van der Waals surface area (Å²) in [4.78, 5) is 15.2. The van der Waals surface area contributed by atoms with Crippen molar-refractivity contribution < 1.29 is 9.90 Å². The summed E-state index contributed by atoms with van der Waals surface area (Å²) in [5.41, 5.74) is -0.710. The van der Waals surface area contributed by atoms with E-state index in [4.69, 9.17) is 0 Å². The molecule has 1 atom stereocenters. The van der Waals surface area contributed by atoms with Crippen LogP contribution in [-0.2, 0) is 4.79 Å². The molecule has 5 rings (SSSR count). The zero-order valence-electron chi connectivity index (χ0n) is 12.6. The lowest BCUT2D eigenvalue weighted by molar-refractivity contribution is -0.163. The molecule has 1 unspecified atom stereocenters. The number of nitrogens with zero attached hydrogens (tertiary/aromatic N) is 1. The van der Waals surface area contributed by atoms with Gasteiger partial charge in [-0.15, -0.1) is 0 Å². The molecule has 0 aromatic carbocycles. The summed E-state index contributed by atoms with van der Waals surface area (Å²) >= 11 is 0. The lowest BCUT2D eigenvalue weighted by atomic mass is 9.49. The predicted octanol–water partition coefficient (Wildman–Crippen LogP) is 2.58. The van der Waals surface area contributed by atoms with Gasteiger partial charge in [0.05, 0.1) is 11.0 Å². The summed E-state index contributed by atoms with van der Waals surface area (Å²) in [6.45, 7) is 3.29. The first kappa shape index (κ1) is 13.1. The SMILES string of the molecule is CC1(O)CCCN(C(=O)C23CC4CC(CC(C4)C2)C3)C1. The van der Waals surface area contributed by atoms with Gasteiger partial charge in [-0.3, -0.25) is 4.79 Å². The first-order chi connectivity index (χ1) is 9.46. The van der Waals surface area contributed by atoms with Gasteiger partial charge in [0.1, 0.15) is 0 Å². The highest BCUT2D eigenvalue weighted by Gasteiger charge is 2.56. The Bertz CT molecular complexity index is 393. The Morgan fingerprint density at radius 1 is 1.10 bits per heavy atom. The summed E-state index contributed by atoms with van der Waals surface area (Å²) in [6, 6.07) is 0. The van der Waals surface area contributed by atoms with E-state index in [0.717, 1.165) is 56.4 Å². The number of hydrogen-bond acceptors (Lipinski definition) is 2. The minimum atomic E-state index is -0.670. The van der Waals surface area contributed by atoms with Gasteiger partial charge in [-0.1, -0.05) is 0 Å². The molecule has 3 heteroatoms. The Kier molecular flexibility index (Phi) is 2.77. The van der Waals surface area contributed by atoms with Gasteiger partial charge >= 0.3 is 0 Å². The van der Waals surface area contributed by atoms with E-state index in [1.807, 2.05) is 11.8 Å². The second kappa shape index (κ2) is 4.22. The molecular weight excluding hydrogens is 250 g/mol. The molecule has 1 N–H and O–H groups in total. The fourth-order valence-electron chi connectivity index (χ4n) is 6.10. The summed E-state index contributed by atoms with van der Waals surface area (Å²) in [7, 11) is 0. The molecule has 5 aliphatic rings. The Morgan fingerprint density at radius 3 is 2.15 bits per heavy atom. The normalized spacial score (nSPS) is 50.5. The lowest BCUT2D eigenvalue weighted by Crippen LogP contribution is -2.58. The van der Waals surface area contributed by atoms with Gasteiger partial charge in [0.15, 0.2) is 0 Å². The Hall–Kier alpha value is -0.570. The van der Waals surface area contributed by atoms with E-state index >= 15 is 0 Å². The van der Waals surface area contributed by atoms with Crippen molar-refractivity contribution in [3.8, 4) is 0 Å². The standard InChI is InChI=1S/C17H27NO2/c1-16(20)3-2-4-18(11-16)15(19)17-8-12-5-13(9-17)7-14(6-12)10-17/h12-14,20H,2-11H2,1H3. The first-order valence-electron chi connectivity index (χ1n) is 8.48. The molecule has 1 aliphatic heterocycles. The van der Waals surface area contributed by atoms with Gasteiger partial charge in [0, 0.05) is 13.1 Å². The van der Waals surface area contributed by atoms with E-state index in [0.29, 0.717) is 12.5 Å². The molecule has 0 aromatic rings. The third kappa shape index (κ3) is 2.01. The minimum Gasteiger partial charge on any atom is -0.388 e. The number of carbonyl (C=O) groups is 1. The molecule has 0 aromatic heterocycles. The second-order valence-electron chi connectivity index (χ2n) is 8.53. The third-order valence-electron chi connectivity index (χ3n) is 6.45. The molecule has 20 heavy (non-hydrogen) atoms. The number of rotatable bonds is 1. The van der Waals surface area contributed by atoms with Gasteiger partial charge in [-0.25, -0.2) is 0 Å². The summed E-state index contributed by atoms with van der Waals surface area (Å²) in [6.07, 6.45) is 9.32. The highest BCUT2D eigenvalue weighted by Crippen LogP contribution is 2.60. The summed E-state index contributed by atoms with van der Waals surface area (Å²) in [5.74, 6) is 2.83. The van der Waals surface area contributed by atoms with Crippen molar-refractivity contribution in [2.75, 3.05) is 13.1 Å². The zero-order valence-corrected chi connectivity index (χ0v) is 12.6. The molecule has 4 saturated carbocycles. The summed E-state index contributed by atoms with van der Waals surface area (Å²) in [5, 5.41) is 10.3. The van der Waals surface area contributed by atoms with Crippen molar-refractivity contribution in [1.29, 1.82) is 0 Å². The number of amides is 1. The third-order valence-corrected chi connectivity index (χ3v) is 6.45. The van der Waals surface area contributed by atoms with E-state index in [9.17, 15) is 9.90 Å². The first-order valence-corrected chi connectivity index (χ1v) is 8.48. The molecule has 1 amide bonds. The van der Waals surface area contributed by atoms with E-state index < -0.39 is 5.60 Å². The van der Waals surface area contributed by atoms with Crippen LogP contribution in [-0.4, -0.2) is 34.6 Å². The van der Waals surface area contributed by atoms with Crippen LogP contribution in [0.15, 0.2) is 0 Å². The predicted molar refractivity (Wildman–Crippen MR) is 77.0 cm³/mol. The fourth-order valence-corrected chi connectivity index (χ4v) is 6.10. The molecule has 5 fully saturated rings. The molecule has 1 heterocycles. The van der Waals surface area contributed by atoms with Crippen LogP contribution in [0.25, 0.3) is 0 Å². The van der Waals surface area contributed by atoms with Crippen LogP contribution >= 0.6 is 0 Å². The van der Waals surface area contributed by atoms with Gasteiger partial charge < -0.3 is 10.0 Å². The van der Waals surface area contributed by atoms with E-state index in [1.165, 1.54) is 19.3 Å². The average molecular weight is 277 g/mol. The molecule has 112 valence electrons. The minimum absolute atomic E-state index is 0.0395. The van der Waals surface area contributed by atoms with Crippen LogP contribution in [0.1, 0.15) is 58.3 Å². The number of hydrogen-bond donors (Lipinski definition) is 1. The largest absolute Gasteiger partial charge is 0.388 e. The van der Waals surface area contributed by atoms with E-state index in [2.05, 4.69) is 0 Å². The van der Waals surface area contributed by atoms with Gasteiger partial charge in [0.25, 0.3) is 0 Å².